The van der Waals surface area contributed by atoms with Gasteiger partial charge in [-0.15, -0.1) is 0 Å². The van der Waals surface area contributed by atoms with Crippen LogP contribution in [0.2, 0.25) is 0 Å². The number of nitrogens with zero attached hydrogens (tertiary/aromatic N) is 1. The zero-order valence-corrected chi connectivity index (χ0v) is 24.9. The summed E-state index contributed by atoms with van der Waals surface area (Å²) in [4.78, 5) is 2.02. The normalized spacial score (nSPS) is 12.8. The Morgan fingerprint density at radius 3 is 1.52 bits per heavy atom. The molecule has 0 spiro atoms. The molecule has 12 heteroatoms. The predicted molar refractivity (Wildman–Crippen MR) is 153 cm³/mol. The Morgan fingerprint density at radius 1 is 0.659 bits per heavy atom. The van der Waals surface area contributed by atoms with Gasteiger partial charge in [-0.25, -0.2) is 8.42 Å². The summed E-state index contributed by atoms with van der Waals surface area (Å²) in [5.41, 5.74) is -4.59. The van der Waals surface area contributed by atoms with E-state index in [0.717, 1.165) is 47.5 Å². The average molecular weight is 638 g/mol. The monoisotopic (exact) mass is 637 g/mol. The number of methoxy groups -OCH3 is 1. The fraction of sp³-hybridized carbons (Fsp3) is 0.250. The van der Waals surface area contributed by atoms with Crippen molar-refractivity contribution in [2.75, 3.05) is 21.2 Å². The van der Waals surface area contributed by atoms with Gasteiger partial charge in [-0.3, -0.25) is 0 Å². The molecule has 0 heterocycles. The third kappa shape index (κ3) is 6.27. The van der Waals surface area contributed by atoms with Gasteiger partial charge >= 0.3 is 12.4 Å². The van der Waals surface area contributed by atoms with Gasteiger partial charge in [0.15, 0.2) is 0 Å². The third-order valence-corrected chi connectivity index (χ3v) is 8.92. The molecule has 0 unspecified atom stereocenters. The van der Waals surface area contributed by atoms with E-state index in [1.54, 1.807) is 12.1 Å². The van der Waals surface area contributed by atoms with Crippen LogP contribution >= 0.6 is 0 Å². The largest absolute Gasteiger partial charge is 0.497 e. The molecule has 0 aromatic heterocycles. The smallest absolute Gasteiger partial charge is 0.411 e. The number of aryl methyl sites for hydroxylation is 1. The molecule has 0 aliphatic rings. The van der Waals surface area contributed by atoms with E-state index < -0.39 is 38.7 Å². The standard InChI is InChI=1S/C32H29F6NO4S/c1-21-5-16-29(19-22(21)20-39(2)3)44(40,41)28-17-14-27(15-18-28)43-26-12-8-24(9-13-26)30(31(33,34)35,32(36,37)38)23-6-10-25(42-4)11-7-23/h5-19H,20H2,1-4H3. The highest BCUT2D eigenvalue weighted by atomic mass is 32.2. The maximum Gasteiger partial charge on any atom is 0.411 e. The molecule has 4 aromatic carbocycles. The van der Waals surface area contributed by atoms with Crippen molar-refractivity contribution < 1.29 is 44.2 Å². The van der Waals surface area contributed by atoms with E-state index in [0.29, 0.717) is 18.7 Å². The minimum atomic E-state index is -5.74. The number of halogens is 6. The first-order chi connectivity index (χ1) is 20.5. The quantitative estimate of drug-likeness (QED) is 0.174. The van der Waals surface area contributed by atoms with Crippen molar-refractivity contribution in [2.24, 2.45) is 0 Å². The zero-order chi connectivity index (χ0) is 32.5. The van der Waals surface area contributed by atoms with Crippen LogP contribution in [0.5, 0.6) is 17.2 Å². The number of hydrogen-bond donors (Lipinski definition) is 0. The lowest BCUT2D eigenvalue weighted by atomic mass is 9.73. The van der Waals surface area contributed by atoms with Crippen LogP contribution in [0.3, 0.4) is 0 Å². The summed E-state index contributed by atoms with van der Waals surface area (Å²) >= 11 is 0. The van der Waals surface area contributed by atoms with Crippen molar-refractivity contribution in [3.05, 3.63) is 113 Å². The molecule has 0 aliphatic heterocycles. The first-order valence-electron chi connectivity index (χ1n) is 13.2. The van der Waals surface area contributed by atoms with Crippen molar-refractivity contribution >= 4 is 9.84 Å². The molecule has 0 saturated heterocycles. The Morgan fingerprint density at radius 2 is 1.09 bits per heavy atom. The van der Waals surface area contributed by atoms with Gasteiger partial charge in [0.05, 0.1) is 16.9 Å². The van der Waals surface area contributed by atoms with Gasteiger partial charge in [-0.05, 0) is 104 Å². The van der Waals surface area contributed by atoms with Crippen LogP contribution in [-0.4, -0.2) is 46.9 Å². The maximum absolute atomic E-state index is 14.4. The van der Waals surface area contributed by atoms with E-state index in [9.17, 15) is 34.8 Å². The summed E-state index contributed by atoms with van der Waals surface area (Å²) in [5, 5.41) is 0. The lowest BCUT2D eigenvalue weighted by molar-refractivity contribution is -0.288. The molecule has 4 aromatic rings. The fourth-order valence-corrected chi connectivity index (χ4v) is 6.19. The molecule has 4 rings (SSSR count). The predicted octanol–water partition coefficient (Wildman–Crippen LogP) is 8.10. The van der Waals surface area contributed by atoms with E-state index in [2.05, 4.69) is 0 Å². The third-order valence-electron chi connectivity index (χ3n) is 7.15. The van der Waals surface area contributed by atoms with Crippen LogP contribution in [0.1, 0.15) is 22.3 Å². The highest BCUT2D eigenvalue weighted by Crippen LogP contribution is 2.56. The molecule has 44 heavy (non-hydrogen) atoms. The van der Waals surface area contributed by atoms with E-state index in [1.807, 2.05) is 25.9 Å². The zero-order valence-electron chi connectivity index (χ0n) is 24.1. The van der Waals surface area contributed by atoms with Crippen LogP contribution in [-0.2, 0) is 21.8 Å². The number of sulfone groups is 1. The SMILES string of the molecule is COc1ccc(C(c2ccc(Oc3ccc(S(=O)(=O)c4ccc(C)c(CN(C)C)c4)cc3)cc2)(C(F)(F)F)C(F)(F)F)cc1. The summed E-state index contributed by atoms with van der Waals surface area (Å²) < 4.78 is 123. The Hall–Kier alpha value is -4.03. The van der Waals surface area contributed by atoms with Gasteiger partial charge in [0.25, 0.3) is 0 Å². The van der Waals surface area contributed by atoms with Gasteiger partial charge < -0.3 is 14.4 Å². The van der Waals surface area contributed by atoms with Gasteiger partial charge in [0.2, 0.25) is 15.3 Å². The van der Waals surface area contributed by atoms with Crippen molar-refractivity contribution in [3.8, 4) is 17.2 Å². The molecule has 0 radical (unpaired) electrons. The second kappa shape index (κ2) is 12.2. The van der Waals surface area contributed by atoms with Gasteiger partial charge in [-0.2, -0.15) is 26.3 Å². The minimum absolute atomic E-state index is 0.0144. The Balaban J connectivity index is 1.62. The van der Waals surface area contributed by atoms with Crippen molar-refractivity contribution in [2.45, 2.75) is 41.0 Å². The lowest BCUT2D eigenvalue weighted by Crippen LogP contribution is -2.54. The van der Waals surface area contributed by atoms with E-state index >= 15 is 0 Å². The number of benzene rings is 4. The number of alkyl halides is 6. The van der Waals surface area contributed by atoms with Gasteiger partial charge in [0.1, 0.15) is 17.2 Å². The number of rotatable bonds is 9. The summed E-state index contributed by atoms with van der Waals surface area (Å²) in [7, 11) is 1.11. The van der Waals surface area contributed by atoms with Crippen LogP contribution in [0, 0.1) is 6.92 Å². The first kappa shape index (κ1) is 32.9. The molecule has 0 saturated carbocycles. The summed E-state index contributed by atoms with van der Waals surface area (Å²) in [6.45, 7) is 2.44. The molecule has 0 bridgehead atoms. The topological polar surface area (TPSA) is 55.8 Å². The van der Waals surface area contributed by atoms with Crippen LogP contribution in [0.4, 0.5) is 26.3 Å². The Kier molecular flexibility index (Phi) is 9.09. The first-order valence-corrected chi connectivity index (χ1v) is 14.6. The maximum atomic E-state index is 14.4. The molecular formula is C32H29F6NO4S. The Bertz CT molecular complexity index is 1680. The summed E-state index contributed by atoms with van der Waals surface area (Å²) in [6, 6.07) is 17.1. The number of ether oxygens (including phenoxy) is 2. The van der Waals surface area contributed by atoms with E-state index in [-0.39, 0.29) is 27.0 Å². The summed E-state index contributed by atoms with van der Waals surface area (Å²) in [6.07, 6.45) is -11.5. The molecule has 0 N–H and O–H groups in total. The highest BCUT2D eigenvalue weighted by molar-refractivity contribution is 7.91. The van der Waals surface area contributed by atoms with Gasteiger partial charge in [-0.1, -0.05) is 30.3 Å². The molecule has 0 aliphatic carbocycles. The molecule has 0 amide bonds. The van der Waals surface area contributed by atoms with Crippen LogP contribution in [0.25, 0.3) is 0 Å². The molecule has 234 valence electrons. The summed E-state index contributed by atoms with van der Waals surface area (Å²) in [5.74, 6) is 0.175. The van der Waals surface area contributed by atoms with E-state index in [1.165, 1.54) is 37.4 Å². The molecule has 5 nitrogen and oxygen atoms in total. The van der Waals surface area contributed by atoms with E-state index in [4.69, 9.17) is 9.47 Å². The number of hydrogen-bond acceptors (Lipinski definition) is 5. The molecule has 0 atom stereocenters. The van der Waals surface area contributed by atoms with Crippen molar-refractivity contribution in [1.29, 1.82) is 0 Å². The second-order valence-electron chi connectivity index (χ2n) is 10.4. The molecular weight excluding hydrogens is 608 g/mol. The fourth-order valence-electron chi connectivity index (χ4n) is 4.88. The van der Waals surface area contributed by atoms with Crippen molar-refractivity contribution in [3.63, 3.8) is 0 Å². The van der Waals surface area contributed by atoms with Crippen LogP contribution in [0.15, 0.2) is 101 Å². The minimum Gasteiger partial charge on any atom is -0.497 e. The van der Waals surface area contributed by atoms with Crippen molar-refractivity contribution in [1.82, 2.24) is 4.90 Å². The van der Waals surface area contributed by atoms with Crippen LogP contribution < -0.4 is 9.47 Å². The lowest BCUT2D eigenvalue weighted by Gasteiger charge is -2.38. The molecule has 0 fully saturated rings. The highest BCUT2D eigenvalue weighted by Gasteiger charge is 2.72. The second-order valence-corrected chi connectivity index (χ2v) is 12.4. The average Bonchev–Trinajstić information content (AvgIpc) is 2.94. The Labute approximate surface area is 251 Å². The van der Waals surface area contributed by atoms with Gasteiger partial charge in [0, 0.05) is 6.54 Å².